The third-order valence-corrected chi connectivity index (χ3v) is 4.67. The molecule has 0 aliphatic heterocycles. The SMILES string of the molecule is Cc1ccc(-c2ccc(C#N)c3c(NC(=O)c4ccccn4)cccc23)cc1. The van der Waals surface area contributed by atoms with Crippen LogP contribution in [-0.2, 0) is 0 Å². The van der Waals surface area contributed by atoms with E-state index in [1.165, 1.54) is 5.56 Å². The lowest BCUT2D eigenvalue weighted by molar-refractivity contribution is 0.102. The highest BCUT2D eigenvalue weighted by molar-refractivity contribution is 6.12. The standard InChI is InChI=1S/C24H17N3O/c1-16-8-10-17(11-9-16)19-13-12-18(15-25)23-20(19)5-4-7-21(23)27-24(28)22-6-2-3-14-26-22/h2-14H,1H3,(H,27,28). The van der Waals surface area contributed by atoms with Crippen molar-refractivity contribution in [3.8, 4) is 17.2 Å². The number of anilines is 1. The summed E-state index contributed by atoms with van der Waals surface area (Å²) in [4.78, 5) is 16.7. The summed E-state index contributed by atoms with van der Waals surface area (Å²) >= 11 is 0. The summed E-state index contributed by atoms with van der Waals surface area (Å²) in [6, 6.07) is 25.1. The number of carbonyl (C=O) groups excluding carboxylic acids is 1. The number of aromatic nitrogens is 1. The Morgan fingerprint density at radius 2 is 1.79 bits per heavy atom. The van der Waals surface area contributed by atoms with E-state index in [4.69, 9.17) is 0 Å². The number of amides is 1. The first-order valence-electron chi connectivity index (χ1n) is 8.92. The van der Waals surface area contributed by atoms with Gasteiger partial charge in [-0.3, -0.25) is 9.78 Å². The third-order valence-electron chi connectivity index (χ3n) is 4.67. The first kappa shape index (κ1) is 17.4. The van der Waals surface area contributed by atoms with Crippen LogP contribution in [0.5, 0.6) is 0 Å². The number of nitrogens with one attached hydrogen (secondary N) is 1. The number of aryl methyl sites for hydroxylation is 1. The van der Waals surface area contributed by atoms with Gasteiger partial charge >= 0.3 is 0 Å². The molecule has 4 aromatic rings. The molecule has 28 heavy (non-hydrogen) atoms. The van der Waals surface area contributed by atoms with Gasteiger partial charge in [-0.05, 0) is 47.7 Å². The smallest absolute Gasteiger partial charge is 0.274 e. The zero-order valence-electron chi connectivity index (χ0n) is 15.3. The van der Waals surface area contributed by atoms with E-state index in [2.05, 4.69) is 40.6 Å². The Labute approximate surface area is 163 Å². The van der Waals surface area contributed by atoms with E-state index in [-0.39, 0.29) is 5.91 Å². The number of hydrogen-bond donors (Lipinski definition) is 1. The lowest BCUT2D eigenvalue weighted by Gasteiger charge is -2.13. The molecule has 0 atom stereocenters. The maximum Gasteiger partial charge on any atom is 0.274 e. The molecule has 0 radical (unpaired) electrons. The maximum absolute atomic E-state index is 12.6. The number of fused-ring (bicyclic) bond motifs is 1. The topological polar surface area (TPSA) is 65.8 Å². The number of pyridine rings is 1. The van der Waals surface area contributed by atoms with Crippen molar-refractivity contribution in [2.45, 2.75) is 6.92 Å². The average Bonchev–Trinajstić information content (AvgIpc) is 2.74. The van der Waals surface area contributed by atoms with E-state index >= 15 is 0 Å². The molecule has 0 bridgehead atoms. The van der Waals surface area contributed by atoms with Crippen LogP contribution in [0.25, 0.3) is 21.9 Å². The molecule has 0 saturated heterocycles. The highest BCUT2D eigenvalue weighted by atomic mass is 16.1. The molecular formula is C24H17N3O. The van der Waals surface area contributed by atoms with Crippen molar-refractivity contribution in [2.24, 2.45) is 0 Å². The number of nitriles is 1. The molecule has 0 aliphatic carbocycles. The van der Waals surface area contributed by atoms with Crippen LogP contribution in [0.1, 0.15) is 21.6 Å². The third kappa shape index (κ3) is 3.22. The van der Waals surface area contributed by atoms with Gasteiger partial charge in [0.25, 0.3) is 5.91 Å². The first-order valence-corrected chi connectivity index (χ1v) is 8.92. The van der Waals surface area contributed by atoms with E-state index in [0.717, 1.165) is 21.9 Å². The molecule has 4 heteroatoms. The largest absolute Gasteiger partial charge is 0.320 e. The van der Waals surface area contributed by atoms with E-state index in [0.29, 0.717) is 16.9 Å². The van der Waals surface area contributed by atoms with Crippen molar-refractivity contribution in [2.75, 3.05) is 5.32 Å². The van der Waals surface area contributed by atoms with Gasteiger partial charge in [0.1, 0.15) is 5.69 Å². The summed E-state index contributed by atoms with van der Waals surface area (Å²) in [6.07, 6.45) is 1.58. The highest BCUT2D eigenvalue weighted by Gasteiger charge is 2.14. The fourth-order valence-corrected chi connectivity index (χ4v) is 3.27. The second-order valence-corrected chi connectivity index (χ2v) is 6.54. The molecule has 1 amide bonds. The van der Waals surface area contributed by atoms with Gasteiger partial charge in [0.15, 0.2) is 0 Å². The van der Waals surface area contributed by atoms with E-state index < -0.39 is 0 Å². The zero-order valence-corrected chi connectivity index (χ0v) is 15.3. The fourth-order valence-electron chi connectivity index (χ4n) is 3.27. The van der Waals surface area contributed by atoms with Gasteiger partial charge in [0.2, 0.25) is 0 Å². The molecular weight excluding hydrogens is 346 g/mol. The Morgan fingerprint density at radius 3 is 2.50 bits per heavy atom. The second kappa shape index (κ2) is 7.34. The van der Waals surface area contributed by atoms with Gasteiger partial charge in [-0.25, -0.2) is 0 Å². The molecule has 0 fully saturated rings. The molecule has 3 aromatic carbocycles. The fraction of sp³-hybridized carbons (Fsp3) is 0.0417. The lowest BCUT2D eigenvalue weighted by atomic mass is 9.94. The number of rotatable bonds is 3. The van der Waals surface area contributed by atoms with Gasteiger partial charge in [-0.1, -0.05) is 54.1 Å². The number of nitrogens with zero attached hydrogens (tertiary/aromatic N) is 2. The number of carbonyl (C=O) groups is 1. The van der Waals surface area contributed by atoms with Crippen LogP contribution in [0, 0.1) is 18.3 Å². The van der Waals surface area contributed by atoms with Crippen molar-refractivity contribution in [3.63, 3.8) is 0 Å². The Kier molecular flexibility index (Phi) is 4.57. The van der Waals surface area contributed by atoms with E-state index in [1.807, 2.05) is 31.2 Å². The van der Waals surface area contributed by atoms with Gasteiger partial charge in [-0.15, -0.1) is 0 Å². The van der Waals surface area contributed by atoms with E-state index in [9.17, 15) is 10.1 Å². The minimum Gasteiger partial charge on any atom is -0.320 e. The molecule has 4 rings (SSSR count). The Balaban J connectivity index is 1.86. The Morgan fingerprint density at radius 1 is 0.964 bits per heavy atom. The van der Waals surface area contributed by atoms with Crippen molar-refractivity contribution in [1.29, 1.82) is 5.26 Å². The lowest BCUT2D eigenvalue weighted by Crippen LogP contribution is -2.13. The molecule has 0 spiro atoms. The van der Waals surface area contributed by atoms with Crippen LogP contribution in [0.4, 0.5) is 5.69 Å². The summed E-state index contributed by atoms with van der Waals surface area (Å²) in [5, 5.41) is 14.2. The molecule has 1 heterocycles. The zero-order chi connectivity index (χ0) is 19.5. The van der Waals surface area contributed by atoms with Crippen LogP contribution in [0.15, 0.2) is 79.0 Å². The highest BCUT2D eigenvalue weighted by Crippen LogP contribution is 2.35. The van der Waals surface area contributed by atoms with Gasteiger partial charge < -0.3 is 5.32 Å². The van der Waals surface area contributed by atoms with Crippen LogP contribution in [-0.4, -0.2) is 10.9 Å². The van der Waals surface area contributed by atoms with Crippen molar-refractivity contribution < 1.29 is 4.79 Å². The number of benzene rings is 3. The molecule has 4 nitrogen and oxygen atoms in total. The van der Waals surface area contributed by atoms with Crippen LogP contribution in [0.2, 0.25) is 0 Å². The molecule has 0 saturated carbocycles. The minimum absolute atomic E-state index is 0.308. The van der Waals surface area contributed by atoms with Gasteiger partial charge in [0.05, 0.1) is 17.3 Å². The predicted octanol–water partition coefficient (Wildman–Crippen LogP) is 5.33. The van der Waals surface area contributed by atoms with E-state index in [1.54, 1.807) is 30.5 Å². The predicted molar refractivity (Wildman–Crippen MR) is 111 cm³/mol. The van der Waals surface area contributed by atoms with Gasteiger partial charge in [0, 0.05) is 11.6 Å². The molecule has 0 aliphatic rings. The quantitative estimate of drug-likeness (QED) is 0.535. The average molecular weight is 363 g/mol. The van der Waals surface area contributed by atoms with Crippen molar-refractivity contribution >= 4 is 22.4 Å². The summed E-state index contributed by atoms with van der Waals surface area (Å²) < 4.78 is 0. The second-order valence-electron chi connectivity index (χ2n) is 6.54. The van der Waals surface area contributed by atoms with Crippen molar-refractivity contribution in [1.82, 2.24) is 4.98 Å². The molecule has 134 valence electrons. The molecule has 0 unspecified atom stereocenters. The molecule has 1 aromatic heterocycles. The normalized spacial score (nSPS) is 10.4. The Hall–Kier alpha value is -3.97. The monoisotopic (exact) mass is 363 g/mol. The van der Waals surface area contributed by atoms with Crippen LogP contribution < -0.4 is 5.32 Å². The molecule has 1 N–H and O–H groups in total. The van der Waals surface area contributed by atoms with Gasteiger partial charge in [-0.2, -0.15) is 5.26 Å². The summed E-state index contributed by atoms with van der Waals surface area (Å²) in [6.45, 7) is 2.05. The summed E-state index contributed by atoms with van der Waals surface area (Å²) in [7, 11) is 0. The summed E-state index contributed by atoms with van der Waals surface area (Å²) in [5.41, 5.74) is 4.70. The van der Waals surface area contributed by atoms with Crippen molar-refractivity contribution in [3.05, 3.63) is 95.8 Å². The Bertz CT molecular complexity index is 1210. The van der Waals surface area contributed by atoms with Crippen LogP contribution in [0.3, 0.4) is 0 Å². The first-order chi connectivity index (χ1) is 13.7. The maximum atomic E-state index is 12.6. The number of hydrogen-bond acceptors (Lipinski definition) is 3. The van der Waals surface area contributed by atoms with Crippen LogP contribution >= 0.6 is 0 Å². The summed E-state index contributed by atoms with van der Waals surface area (Å²) in [5.74, 6) is -0.308. The minimum atomic E-state index is -0.308.